The average molecular weight is 611 g/mol. The van der Waals surface area contributed by atoms with Crippen LogP contribution in [0.25, 0.3) is 0 Å². The number of hydrogen-bond donors (Lipinski definition) is 2. The van der Waals surface area contributed by atoms with Gasteiger partial charge in [0.1, 0.15) is 5.82 Å². The van der Waals surface area contributed by atoms with E-state index in [2.05, 4.69) is 27.7 Å². The van der Waals surface area contributed by atoms with Gasteiger partial charge in [0, 0.05) is 26.6 Å². The lowest BCUT2D eigenvalue weighted by molar-refractivity contribution is -0.124. The first-order valence-electron chi connectivity index (χ1n) is 14.8. The van der Waals surface area contributed by atoms with Crippen molar-refractivity contribution in [2.24, 2.45) is 5.92 Å². The molecule has 1 aliphatic heterocycles. The zero-order chi connectivity index (χ0) is 29.7. The molecule has 42 heavy (non-hydrogen) atoms. The zero-order valence-electron chi connectivity index (χ0n) is 24.0. The maximum Gasteiger partial charge on any atom is 0.230 e. The number of hydrogen-bond acceptors (Lipinski definition) is 3. The van der Waals surface area contributed by atoms with E-state index in [0.717, 1.165) is 68.4 Å². The minimum absolute atomic E-state index is 0.00405. The molecule has 1 aliphatic carbocycles. The van der Waals surface area contributed by atoms with Crippen LogP contribution in [-0.2, 0) is 27.0 Å². The van der Waals surface area contributed by atoms with Crippen molar-refractivity contribution >= 4 is 35.0 Å². The third-order valence-corrected chi connectivity index (χ3v) is 9.77. The summed E-state index contributed by atoms with van der Waals surface area (Å²) in [6, 6.07) is 22.2. The second kappa shape index (κ2) is 13.2. The number of nitrogens with zero attached hydrogens (tertiary/aromatic N) is 1. The molecule has 2 aliphatic rings. The van der Waals surface area contributed by atoms with Crippen molar-refractivity contribution in [2.45, 2.75) is 56.4 Å². The highest BCUT2D eigenvalue weighted by Crippen LogP contribution is 2.57. The number of carbonyl (C=O) groups excluding carboxylic acids is 2. The largest absolute Gasteiger partial charge is 0.355 e. The fraction of sp³-hybridized carbons (Fsp3) is 0.412. The van der Waals surface area contributed by atoms with Gasteiger partial charge >= 0.3 is 0 Å². The Hall–Kier alpha value is -2.93. The number of carbonyl (C=O) groups is 2. The zero-order valence-corrected chi connectivity index (χ0v) is 25.5. The van der Waals surface area contributed by atoms with Gasteiger partial charge in [0.2, 0.25) is 11.8 Å². The molecule has 1 saturated carbocycles. The molecule has 1 saturated heterocycles. The molecule has 2 amide bonds. The van der Waals surface area contributed by atoms with Crippen molar-refractivity contribution < 1.29 is 14.0 Å². The second-order valence-corrected chi connectivity index (χ2v) is 12.6. The number of piperidine rings is 1. The molecule has 222 valence electrons. The molecule has 2 N–H and O–H groups in total. The molecule has 0 spiro atoms. The van der Waals surface area contributed by atoms with Gasteiger partial charge in [0.15, 0.2) is 0 Å². The third kappa shape index (κ3) is 6.82. The first-order chi connectivity index (χ1) is 20.2. The van der Waals surface area contributed by atoms with Gasteiger partial charge in [-0.1, -0.05) is 71.7 Å². The van der Waals surface area contributed by atoms with Crippen LogP contribution in [-0.4, -0.2) is 42.9 Å². The average Bonchev–Trinajstić information content (AvgIpc) is 3.72. The summed E-state index contributed by atoms with van der Waals surface area (Å²) in [7, 11) is 0. The fourth-order valence-electron chi connectivity index (χ4n) is 6.64. The summed E-state index contributed by atoms with van der Waals surface area (Å²) in [6.07, 6.45) is 5.04. The lowest BCUT2D eigenvalue weighted by Crippen LogP contribution is -2.52. The van der Waals surface area contributed by atoms with E-state index in [9.17, 15) is 14.0 Å². The van der Waals surface area contributed by atoms with Gasteiger partial charge in [-0.05, 0) is 91.9 Å². The van der Waals surface area contributed by atoms with E-state index in [-0.39, 0.29) is 29.1 Å². The van der Waals surface area contributed by atoms with Crippen LogP contribution in [0.3, 0.4) is 0 Å². The summed E-state index contributed by atoms with van der Waals surface area (Å²) < 4.78 is 13.3. The third-order valence-electron chi connectivity index (χ3n) is 9.04. The number of likely N-dealkylation sites (tertiary alicyclic amines) is 1. The van der Waals surface area contributed by atoms with Gasteiger partial charge < -0.3 is 15.5 Å². The highest BCUT2D eigenvalue weighted by atomic mass is 35.5. The molecule has 3 aromatic rings. The van der Waals surface area contributed by atoms with E-state index < -0.39 is 5.41 Å². The molecule has 8 heteroatoms. The van der Waals surface area contributed by atoms with E-state index >= 15 is 0 Å². The number of rotatable bonds is 11. The summed E-state index contributed by atoms with van der Waals surface area (Å²) in [5.41, 5.74) is 2.10. The van der Waals surface area contributed by atoms with Crippen molar-refractivity contribution in [1.82, 2.24) is 15.5 Å². The summed E-state index contributed by atoms with van der Waals surface area (Å²) >= 11 is 12.6. The highest BCUT2D eigenvalue weighted by molar-refractivity contribution is 6.42. The van der Waals surface area contributed by atoms with Gasteiger partial charge in [-0.2, -0.15) is 0 Å². The van der Waals surface area contributed by atoms with Crippen molar-refractivity contribution in [3.05, 3.63) is 105 Å². The normalized spacial score (nSPS) is 21.5. The highest BCUT2D eigenvalue weighted by Gasteiger charge is 2.60. The number of halogens is 3. The van der Waals surface area contributed by atoms with Crippen LogP contribution < -0.4 is 10.6 Å². The quantitative estimate of drug-likeness (QED) is 0.256. The molecule has 0 bridgehead atoms. The number of nitrogens with one attached hydrogen (secondary N) is 2. The van der Waals surface area contributed by atoms with Crippen LogP contribution in [0.5, 0.6) is 0 Å². The van der Waals surface area contributed by atoms with Gasteiger partial charge in [-0.25, -0.2) is 4.39 Å². The molecule has 5 rings (SSSR count). The Kier molecular flexibility index (Phi) is 9.56. The van der Waals surface area contributed by atoms with Crippen LogP contribution in [0.1, 0.15) is 55.7 Å². The Bertz CT molecular complexity index is 1390. The van der Waals surface area contributed by atoms with Gasteiger partial charge in [-0.3, -0.25) is 9.59 Å². The maximum atomic E-state index is 13.6. The minimum Gasteiger partial charge on any atom is -0.355 e. The second-order valence-electron chi connectivity index (χ2n) is 11.7. The standard InChI is InChI=1S/C34H38Cl2FN3O2/c1-24(41)39-33(26-6-3-2-4-7-26)16-20-40(21-17-33)19-5-8-28-23-34(28,27-11-14-30(35)31(36)22-27)32(42)38-18-15-25-9-12-29(37)13-10-25/h2-4,6-7,9-14,22,28H,5,8,15-21,23H2,1H3,(H,38,42)(H,39,41). The Morgan fingerprint density at radius 2 is 1.67 bits per heavy atom. The van der Waals surface area contributed by atoms with Crippen LogP contribution in [0, 0.1) is 11.7 Å². The topological polar surface area (TPSA) is 61.4 Å². The molecule has 2 atom stereocenters. The molecule has 5 nitrogen and oxygen atoms in total. The van der Waals surface area contributed by atoms with E-state index in [0.29, 0.717) is 23.0 Å². The Balaban J connectivity index is 1.18. The predicted molar refractivity (Wildman–Crippen MR) is 166 cm³/mol. The summed E-state index contributed by atoms with van der Waals surface area (Å²) in [6.45, 7) is 4.83. The number of benzene rings is 3. The first-order valence-corrected chi connectivity index (χ1v) is 15.5. The number of amides is 2. The van der Waals surface area contributed by atoms with E-state index in [1.807, 2.05) is 30.3 Å². The molecule has 0 radical (unpaired) electrons. The Morgan fingerprint density at radius 3 is 2.33 bits per heavy atom. The van der Waals surface area contributed by atoms with E-state index in [4.69, 9.17) is 23.2 Å². The van der Waals surface area contributed by atoms with Crippen LogP contribution in [0.2, 0.25) is 10.0 Å². The molecule has 0 aromatic heterocycles. The fourth-order valence-corrected chi connectivity index (χ4v) is 6.94. The molecule has 1 heterocycles. The van der Waals surface area contributed by atoms with Gasteiger partial charge in [0.25, 0.3) is 0 Å². The molecule has 2 fully saturated rings. The Labute approximate surface area is 257 Å². The van der Waals surface area contributed by atoms with Gasteiger partial charge in [0.05, 0.1) is 21.0 Å². The van der Waals surface area contributed by atoms with Crippen molar-refractivity contribution in [3.8, 4) is 0 Å². The van der Waals surface area contributed by atoms with Crippen LogP contribution >= 0.6 is 23.2 Å². The van der Waals surface area contributed by atoms with Crippen molar-refractivity contribution in [3.63, 3.8) is 0 Å². The molecular formula is C34H38Cl2FN3O2. The minimum atomic E-state index is -0.618. The lowest BCUT2D eigenvalue weighted by Gasteiger charge is -2.42. The maximum absolute atomic E-state index is 13.6. The van der Waals surface area contributed by atoms with Crippen LogP contribution in [0.15, 0.2) is 72.8 Å². The van der Waals surface area contributed by atoms with Gasteiger partial charge in [-0.15, -0.1) is 0 Å². The Morgan fingerprint density at radius 1 is 0.952 bits per heavy atom. The first kappa shape index (κ1) is 30.5. The summed E-state index contributed by atoms with van der Waals surface area (Å²) in [4.78, 5) is 28.2. The monoisotopic (exact) mass is 609 g/mol. The summed E-state index contributed by atoms with van der Waals surface area (Å²) in [5.74, 6) is -0.0485. The summed E-state index contributed by atoms with van der Waals surface area (Å²) in [5, 5.41) is 7.31. The van der Waals surface area contributed by atoms with Crippen molar-refractivity contribution in [1.29, 1.82) is 0 Å². The predicted octanol–water partition coefficient (Wildman–Crippen LogP) is 6.66. The lowest BCUT2D eigenvalue weighted by atomic mass is 9.80. The molecular weight excluding hydrogens is 572 g/mol. The SMILES string of the molecule is CC(=O)NC1(c2ccccc2)CCN(CCCC2CC2(C(=O)NCCc2ccc(F)cc2)c2ccc(Cl)c(Cl)c2)CC1. The van der Waals surface area contributed by atoms with Crippen LogP contribution in [0.4, 0.5) is 4.39 Å². The molecule has 3 aromatic carbocycles. The van der Waals surface area contributed by atoms with E-state index in [1.165, 1.54) is 12.1 Å². The smallest absolute Gasteiger partial charge is 0.230 e. The van der Waals surface area contributed by atoms with E-state index in [1.54, 1.807) is 25.1 Å². The molecule has 2 unspecified atom stereocenters. The van der Waals surface area contributed by atoms with Crippen molar-refractivity contribution in [2.75, 3.05) is 26.2 Å².